The summed E-state index contributed by atoms with van der Waals surface area (Å²) >= 11 is 0. The van der Waals surface area contributed by atoms with Crippen LogP contribution in [-0.2, 0) is 9.59 Å². The first-order chi connectivity index (χ1) is 7.65. The molecule has 1 saturated carbocycles. The molecule has 0 aromatic heterocycles. The van der Waals surface area contributed by atoms with Crippen molar-refractivity contribution in [3.8, 4) is 0 Å². The lowest BCUT2D eigenvalue weighted by atomic mass is 9.95. The molecule has 3 N–H and O–H groups in total. The number of nitrogens with two attached hydrogens (primary N) is 1. The molecule has 0 aromatic carbocycles. The molecule has 0 radical (unpaired) electrons. The summed E-state index contributed by atoms with van der Waals surface area (Å²) in [6, 6.07) is -0.451. The van der Waals surface area contributed by atoms with Gasteiger partial charge in [0.05, 0.1) is 6.04 Å². The zero-order valence-electron chi connectivity index (χ0n) is 10.00. The number of ketones is 1. The molecule has 1 amide bonds. The maximum absolute atomic E-state index is 11.6. The monoisotopic (exact) mass is 226 g/mol. The second-order valence-electron chi connectivity index (χ2n) is 4.57. The van der Waals surface area contributed by atoms with E-state index in [-0.39, 0.29) is 6.04 Å². The van der Waals surface area contributed by atoms with Gasteiger partial charge in [-0.25, -0.2) is 0 Å². The first-order valence-corrected chi connectivity index (χ1v) is 6.25. The van der Waals surface area contributed by atoms with Gasteiger partial charge in [-0.1, -0.05) is 32.6 Å². The molecule has 0 heterocycles. The standard InChI is InChI=1S/C12H22N2O2/c1-2-6-10(13)11(15)12(16)14-9-7-4-3-5-8-9/h9-10H,2-8,13H2,1H3,(H,14,16)/t10-/m0/s1. The van der Waals surface area contributed by atoms with Gasteiger partial charge in [-0.05, 0) is 19.3 Å². The van der Waals surface area contributed by atoms with Crippen molar-refractivity contribution < 1.29 is 9.59 Å². The number of carbonyl (C=O) groups is 2. The van der Waals surface area contributed by atoms with Gasteiger partial charge in [-0.3, -0.25) is 9.59 Å². The van der Waals surface area contributed by atoms with Crippen molar-refractivity contribution in [3.05, 3.63) is 0 Å². The molecule has 16 heavy (non-hydrogen) atoms. The van der Waals surface area contributed by atoms with Crippen LogP contribution < -0.4 is 11.1 Å². The summed E-state index contributed by atoms with van der Waals surface area (Å²) in [6.07, 6.45) is 6.89. The smallest absolute Gasteiger partial charge is 0.289 e. The van der Waals surface area contributed by atoms with E-state index in [4.69, 9.17) is 5.73 Å². The highest BCUT2D eigenvalue weighted by molar-refractivity contribution is 6.38. The van der Waals surface area contributed by atoms with Gasteiger partial charge in [0.1, 0.15) is 0 Å². The Morgan fingerprint density at radius 3 is 2.50 bits per heavy atom. The summed E-state index contributed by atoms with van der Waals surface area (Å²) in [6.45, 7) is 1.95. The molecular formula is C12H22N2O2. The fourth-order valence-corrected chi connectivity index (χ4v) is 2.11. The molecule has 1 aliphatic carbocycles. The summed E-state index contributed by atoms with van der Waals surface area (Å²) in [5.41, 5.74) is 5.62. The van der Waals surface area contributed by atoms with Crippen LogP contribution in [0.5, 0.6) is 0 Å². The molecular weight excluding hydrogens is 204 g/mol. The third-order valence-electron chi connectivity index (χ3n) is 3.10. The van der Waals surface area contributed by atoms with Crippen molar-refractivity contribution in [1.29, 1.82) is 0 Å². The van der Waals surface area contributed by atoms with Crippen molar-refractivity contribution >= 4 is 11.7 Å². The van der Waals surface area contributed by atoms with Crippen molar-refractivity contribution in [1.82, 2.24) is 5.32 Å². The minimum atomic E-state index is -0.631. The normalized spacial score (nSPS) is 19.1. The minimum Gasteiger partial charge on any atom is -0.347 e. The zero-order valence-corrected chi connectivity index (χ0v) is 10.00. The maximum Gasteiger partial charge on any atom is 0.289 e. The number of Topliss-reactive ketones (excluding diaryl/α,β-unsaturated/α-hetero) is 1. The van der Waals surface area contributed by atoms with Crippen LogP contribution >= 0.6 is 0 Å². The zero-order chi connectivity index (χ0) is 12.0. The third kappa shape index (κ3) is 3.93. The summed E-state index contributed by atoms with van der Waals surface area (Å²) in [5.74, 6) is -0.958. The number of hydrogen-bond acceptors (Lipinski definition) is 3. The molecule has 4 heteroatoms. The third-order valence-corrected chi connectivity index (χ3v) is 3.10. The van der Waals surface area contributed by atoms with E-state index in [2.05, 4.69) is 5.32 Å². The van der Waals surface area contributed by atoms with Crippen LogP contribution in [0, 0.1) is 0 Å². The highest BCUT2D eigenvalue weighted by Crippen LogP contribution is 2.17. The highest BCUT2D eigenvalue weighted by Gasteiger charge is 2.24. The van der Waals surface area contributed by atoms with Crippen molar-refractivity contribution in [2.24, 2.45) is 5.73 Å². The van der Waals surface area contributed by atoms with E-state index in [1.165, 1.54) is 6.42 Å². The Balaban J connectivity index is 2.35. The predicted molar refractivity (Wildman–Crippen MR) is 62.9 cm³/mol. The van der Waals surface area contributed by atoms with E-state index in [1.807, 2.05) is 6.92 Å². The topological polar surface area (TPSA) is 72.2 Å². The lowest BCUT2D eigenvalue weighted by molar-refractivity contribution is -0.139. The Morgan fingerprint density at radius 1 is 1.31 bits per heavy atom. The van der Waals surface area contributed by atoms with Gasteiger partial charge in [0, 0.05) is 6.04 Å². The van der Waals surface area contributed by atoms with E-state index in [0.29, 0.717) is 6.42 Å². The van der Waals surface area contributed by atoms with Crippen molar-refractivity contribution in [2.45, 2.75) is 64.0 Å². The SMILES string of the molecule is CCC[C@H](N)C(=O)C(=O)NC1CCCCC1. The fraction of sp³-hybridized carbons (Fsp3) is 0.833. The quantitative estimate of drug-likeness (QED) is 0.690. The molecule has 1 atom stereocenters. The number of rotatable bonds is 5. The number of amides is 1. The molecule has 0 saturated heterocycles. The number of carbonyl (C=O) groups excluding carboxylic acids is 2. The van der Waals surface area contributed by atoms with E-state index >= 15 is 0 Å². The maximum atomic E-state index is 11.6. The minimum absolute atomic E-state index is 0.180. The average Bonchev–Trinajstić information content (AvgIpc) is 2.29. The van der Waals surface area contributed by atoms with Crippen LogP contribution in [0.4, 0.5) is 0 Å². The average molecular weight is 226 g/mol. The molecule has 1 fully saturated rings. The van der Waals surface area contributed by atoms with E-state index in [9.17, 15) is 9.59 Å². The van der Waals surface area contributed by atoms with Gasteiger partial charge < -0.3 is 11.1 Å². The molecule has 0 aliphatic heterocycles. The summed E-state index contributed by atoms with van der Waals surface area (Å²) in [5, 5.41) is 2.79. The van der Waals surface area contributed by atoms with Crippen molar-refractivity contribution in [3.63, 3.8) is 0 Å². The molecule has 1 rings (SSSR count). The van der Waals surface area contributed by atoms with Crippen LogP contribution in [-0.4, -0.2) is 23.8 Å². The van der Waals surface area contributed by atoms with Crippen LogP contribution in [0.15, 0.2) is 0 Å². The van der Waals surface area contributed by atoms with Crippen LogP contribution in [0.3, 0.4) is 0 Å². The van der Waals surface area contributed by atoms with E-state index < -0.39 is 17.7 Å². The van der Waals surface area contributed by atoms with E-state index in [1.54, 1.807) is 0 Å². The lowest BCUT2D eigenvalue weighted by Crippen LogP contribution is -2.46. The second-order valence-corrected chi connectivity index (χ2v) is 4.57. The molecule has 4 nitrogen and oxygen atoms in total. The summed E-state index contributed by atoms with van der Waals surface area (Å²) < 4.78 is 0. The largest absolute Gasteiger partial charge is 0.347 e. The second kappa shape index (κ2) is 6.63. The molecule has 1 aliphatic rings. The van der Waals surface area contributed by atoms with Crippen molar-refractivity contribution in [2.75, 3.05) is 0 Å². The van der Waals surface area contributed by atoms with E-state index in [0.717, 1.165) is 32.1 Å². The van der Waals surface area contributed by atoms with Gasteiger partial charge in [0.15, 0.2) is 0 Å². The Morgan fingerprint density at radius 2 is 1.94 bits per heavy atom. The number of hydrogen-bond donors (Lipinski definition) is 2. The fourth-order valence-electron chi connectivity index (χ4n) is 2.11. The van der Waals surface area contributed by atoms with Crippen LogP contribution in [0.2, 0.25) is 0 Å². The summed E-state index contributed by atoms with van der Waals surface area (Å²) in [7, 11) is 0. The Hall–Kier alpha value is -0.900. The first kappa shape index (κ1) is 13.2. The van der Waals surface area contributed by atoms with Gasteiger partial charge in [0.2, 0.25) is 5.78 Å². The summed E-state index contributed by atoms with van der Waals surface area (Å²) in [4.78, 5) is 23.2. The molecule has 92 valence electrons. The number of nitrogens with one attached hydrogen (secondary N) is 1. The Bertz CT molecular complexity index is 247. The van der Waals surface area contributed by atoms with Gasteiger partial charge in [-0.15, -0.1) is 0 Å². The van der Waals surface area contributed by atoms with Gasteiger partial charge in [-0.2, -0.15) is 0 Å². The first-order valence-electron chi connectivity index (χ1n) is 6.25. The van der Waals surface area contributed by atoms with Crippen LogP contribution in [0.1, 0.15) is 51.9 Å². The molecule has 0 bridgehead atoms. The Labute approximate surface area is 97.0 Å². The molecule has 0 unspecified atom stereocenters. The van der Waals surface area contributed by atoms with Crippen LogP contribution in [0.25, 0.3) is 0 Å². The Kier molecular flexibility index (Phi) is 5.46. The molecule has 0 spiro atoms. The van der Waals surface area contributed by atoms with Gasteiger partial charge >= 0.3 is 0 Å². The lowest BCUT2D eigenvalue weighted by Gasteiger charge is -2.22. The molecule has 0 aromatic rings. The highest BCUT2D eigenvalue weighted by atomic mass is 16.2. The predicted octanol–water partition coefficient (Wildman–Crippen LogP) is 1.13. The van der Waals surface area contributed by atoms with Gasteiger partial charge in [0.25, 0.3) is 5.91 Å².